The van der Waals surface area contributed by atoms with E-state index in [2.05, 4.69) is 98.8 Å². The molecular weight excluding hydrogens is 416 g/mol. The van der Waals surface area contributed by atoms with Gasteiger partial charge in [0.25, 0.3) is 0 Å². The first-order chi connectivity index (χ1) is 12.6. The standard InChI is InChI=1S/C13H9.C9H7.C3H6.2CH3.Zr/c1-3-7-12-10(5-1)9-11-6-2-4-8-13(11)12;1-2-5-9-7-3-6-8(9)4-1;1-3-2;;;/h1-5,7-8H,9H2;1-7H;1-2H3;2*1H3;/q2*-1;;2*-1;. The average Bonchev–Trinajstić information content (AvgIpc) is 3.26. The maximum atomic E-state index is 3.30. The van der Waals surface area contributed by atoms with Gasteiger partial charge >= 0.3 is 41.3 Å². The van der Waals surface area contributed by atoms with E-state index in [0.717, 1.165) is 6.42 Å². The third-order valence-electron chi connectivity index (χ3n) is 4.16. The van der Waals surface area contributed by atoms with Crippen LogP contribution >= 0.6 is 0 Å². The van der Waals surface area contributed by atoms with Crippen LogP contribution in [0.3, 0.4) is 0 Å². The molecule has 0 atom stereocenters. The van der Waals surface area contributed by atoms with E-state index < -0.39 is 0 Å². The van der Waals surface area contributed by atoms with Crippen molar-refractivity contribution in [1.82, 2.24) is 0 Å². The van der Waals surface area contributed by atoms with Crippen molar-refractivity contribution in [3.05, 3.63) is 117 Å². The molecule has 1 aliphatic carbocycles. The minimum atomic E-state index is 0. The maximum absolute atomic E-state index is 3.30. The Morgan fingerprint density at radius 1 is 0.857 bits per heavy atom. The Labute approximate surface area is 185 Å². The summed E-state index contributed by atoms with van der Waals surface area (Å²) < 4.78 is 1.51. The molecule has 4 aromatic rings. The van der Waals surface area contributed by atoms with E-state index in [1.54, 1.807) is 24.2 Å². The van der Waals surface area contributed by atoms with E-state index in [-0.39, 0.29) is 14.9 Å². The first-order valence-corrected chi connectivity index (χ1v) is 10.1. The summed E-state index contributed by atoms with van der Waals surface area (Å²) in [5.41, 5.74) is 5.51. The second-order valence-corrected chi connectivity index (χ2v) is 9.01. The first-order valence-electron chi connectivity index (χ1n) is 8.85. The van der Waals surface area contributed by atoms with Crippen LogP contribution in [0.15, 0.2) is 84.9 Å². The van der Waals surface area contributed by atoms with E-state index in [1.165, 1.54) is 36.2 Å². The fourth-order valence-corrected chi connectivity index (χ4v) is 3.07. The summed E-state index contributed by atoms with van der Waals surface area (Å²) in [6, 6.07) is 32.8. The molecule has 1 heteroatoms. The largest absolute Gasteiger partial charge is 0.358 e. The van der Waals surface area contributed by atoms with Gasteiger partial charge in [0.15, 0.2) is 0 Å². The van der Waals surface area contributed by atoms with Gasteiger partial charge in [-0.3, -0.25) is 0 Å². The van der Waals surface area contributed by atoms with Gasteiger partial charge in [-0.05, 0) is 6.42 Å². The van der Waals surface area contributed by atoms with Crippen molar-refractivity contribution in [3.8, 4) is 11.1 Å². The van der Waals surface area contributed by atoms with Crippen LogP contribution in [0.4, 0.5) is 0 Å². The molecule has 4 aromatic carbocycles. The van der Waals surface area contributed by atoms with E-state index in [1.807, 2.05) is 6.07 Å². The summed E-state index contributed by atoms with van der Waals surface area (Å²) in [6.07, 6.45) is 1.05. The van der Waals surface area contributed by atoms with E-state index in [9.17, 15) is 0 Å². The molecular formula is C27H28Zr-4. The molecule has 28 heavy (non-hydrogen) atoms. The zero-order valence-electron chi connectivity index (χ0n) is 17.3. The number of hydrogen-bond acceptors (Lipinski definition) is 0. The molecule has 0 bridgehead atoms. The Morgan fingerprint density at radius 2 is 1.50 bits per heavy atom. The molecule has 0 aliphatic heterocycles. The summed E-state index contributed by atoms with van der Waals surface area (Å²) >= 11 is 1.55. The van der Waals surface area contributed by atoms with Gasteiger partial charge in [-0.25, -0.2) is 0 Å². The monoisotopic (exact) mass is 442 g/mol. The van der Waals surface area contributed by atoms with Crippen molar-refractivity contribution >= 4 is 14.0 Å². The van der Waals surface area contributed by atoms with Crippen LogP contribution in [0.2, 0.25) is 0 Å². The molecule has 0 amide bonds. The Bertz CT molecular complexity index is 930. The van der Waals surface area contributed by atoms with Gasteiger partial charge in [0.2, 0.25) is 0 Å². The van der Waals surface area contributed by atoms with Gasteiger partial charge in [-0.1, -0.05) is 41.5 Å². The van der Waals surface area contributed by atoms with Crippen LogP contribution in [0.1, 0.15) is 25.0 Å². The molecule has 1 aliphatic rings. The SMILES string of the molecule is C[C](C)=[Zr].[CH3-].[CH3-].[c-]1cccc2c1Cc1ccccc1-2.c1ccc2[cH-]ccc2c1. The zero-order valence-corrected chi connectivity index (χ0v) is 19.7. The predicted octanol–water partition coefficient (Wildman–Crippen LogP) is 7.26. The Morgan fingerprint density at radius 3 is 2.25 bits per heavy atom. The number of fused-ring (bicyclic) bond motifs is 4. The van der Waals surface area contributed by atoms with Crippen LogP contribution in [0.5, 0.6) is 0 Å². The van der Waals surface area contributed by atoms with Gasteiger partial charge in [-0.2, -0.15) is 47.3 Å². The topological polar surface area (TPSA) is 0 Å². The normalized spacial score (nSPS) is 9.89. The summed E-state index contributed by atoms with van der Waals surface area (Å²) in [6.45, 7) is 4.25. The average molecular weight is 444 g/mol. The van der Waals surface area contributed by atoms with Crippen molar-refractivity contribution in [2.24, 2.45) is 0 Å². The van der Waals surface area contributed by atoms with Crippen LogP contribution in [0.25, 0.3) is 21.9 Å². The fraction of sp³-hybridized carbons (Fsp3) is 0.111. The summed E-state index contributed by atoms with van der Waals surface area (Å²) in [4.78, 5) is 0. The van der Waals surface area contributed by atoms with Gasteiger partial charge < -0.3 is 14.9 Å². The third-order valence-corrected chi connectivity index (χ3v) is 4.16. The predicted molar refractivity (Wildman–Crippen MR) is 122 cm³/mol. The number of benzene rings is 3. The van der Waals surface area contributed by atoms with Crippen molar-refractivity contribution in [1.29, 1.82) is 0 Å². The Balaban J connectivity index is 0.000000231. The minimum absolute atomic E-state index is 0. The Hall–Kier alpha value is -1.98. The summed E-state index contributed by atoms with van der Waals surface area (Å²) in [5, 5.41) is 2.66. The Kier molecular flexibility index (Phi) is 10.1. The first kappa shape index (κ1) is 24.1. The van der Waals surface area contributed by atoms with Gasteiger partial charge in [0, 0.05) is 0 Å². The molecule has 0 heterocycles. The molecule has 0 nitrogen and oxygen atoms in total. The molecule has 0 spiro atoms. The molecule has 0 saturated carbocycles. The number of hydrogen-bond donors (Lipinski definition) is 0. The molecule has 0 radical (unpaired) electrons. The number of rotatable bonds is 0. The van der Waals surface area contributed by atoms with Crippen molar-refractivity contribution in [2.75, 3.05) is 0 Å². The van der Waals surface area contributed by atoms with Gasteiger partial charge in [-0.15, -0.1) is 35.2 Å². The molecule has 0 unspecified atom stereocenters. The van der Waals surface area contributed by atoms with Gasteiger partial charge in [0.05, 0.1) is 0 Å². The van der Waals surface area contributed by atoms with Crippen molar-refractivity contribution in [2.45, 2.75) is 20.3 Å². The van der Waals surface area contributed by atoms with Crippen LogP contribution in [-0.2, 0) is 30.7 Å². The van der Waals surface area contributed by atoms with Crippen molar-refractivity contribution in [3.63, 3.8) is 0 Å². The molecule has 0 saturated heterocycles. The van der Waals surface area contributed by atoms with Crippen LogP contribution in [-0.4, -0.2) is 3.21 Å². The molecule has 5 rings (SSSR count). The van der Waals surface area contributed by atoms with Crippen LogP contribution < -0.4 is 0 Å². The van der Waals surface area contributed by atoms with E-state index in [4.69, 9.17) is 0 Å². The summed E-state index contributed by atoms with van der Waals surface area (Å²) in [7, 11) is 0. The molecule has 0 aromatic heterocycles. The van der Waals surface area contributed by atoms with Crippen LogP contribution in [0, 0.1) is 20.9 Å². The van der Waals surface area contributed by atoms with E-state index in [0.29, 0.717) is 0 Å². The third kappa shape index (κ3) is 6.28. The summed E-state index contributed by atoms with van der Waals surface area (Å²) in [5.74, 6) is 0. The second-order valence-electron chi connectivity index (χ2n) is 6.55. The van der Waals surface area contributed by atoms with E-state index >= 15 is 0 Å². The smallest absolute Gasteiger partial charge is 0.0253 e. The fourth-order valence-electron chi connectivity index (χ4n) is 3.07. The quantitative estimate of drug-likeness (QED) is 0.221. The van der Waals surface area contributed by atoms with Gasteiger partial charge in [0.1, 0.15) is 0 Å². The molecule has 0 fully saturated rings. The zero-order chi connectivity index (χ0) is 18.4. The van der Waals surface area contributed by atoms with Crippen molar-refractivity contribution < 1.29 is 24.2 Å². The molecule has 144 valence electrons. The minimum Gasteiger partial charge on any atom is -0.358 e. The molecule has 0 N–H and O–H groups in total. The maximum Gasteiger partial charge on any atom is -0.0253 e. The second kappa shape index (κ2) is 11.8.